The number of rotatable bonds is 2. The van der Waals surface area contributed by atoms with Gasteiger partial charge in [0.1, 0.15) is 11.4 Å². The second-order valence-corrected chi connectivity index (χ2v) is 9.23. The first-order valence-corrected chi connectivity index (χ1v) is 10.6. The summed E-state index contributed by atoms with van der Waals surface area (Å²) in [5.41, 5.74) is 0.638. The molecule has 0 N–H and O–H groups in total. The second-order valence-electron chi connectivity index (χ2n) is 8.83. The standard InChI is InChI=1S/C21H27ClFN3O/c1-24-9-5-16(6-10-24)25-13-14-11-19(17-4-3-15(23)12-18(17)22)26-8-2-7-21(14,26)20(25)27/h3-4,12,14,16,19H,2,5-11,13H2,1H3/t14-,19-,21-/m0/s1. The maximum Gasteiger partial charge on any atom is 0.243 e. The summed E-state index contributed by atoms with van der Waals surface area (Å²) in [6.45, 7) is 3.95. The summed E-state index contributed by atoms with van der Waals surface area (Å²) >= 11 is 6.39. The number of amides is 1. The zero-order chi connectivity index (χ0) is 18.8. The molecule has 4 saturated heterocycles. The molecule has 27 heavy (non-hydrogen) atoms. The number of carbonyl (C=O) groups excluding carboxylic acids is 1. The van der Waals surface area contributed by atoms with Crippen molar-refractivity contribution in [2.75, 3.05) is 33.2 Å². The molecule has 4 fully saturated rings. The normalized spacial score (nSPS) is 35.1. The van der Waals surface area contributed by atoms with E-state index in [-0.39, 0.29) is 17.4 Å². The smallest absolute Gasteiger partial charge is 0.243 e. The predicted molar refractivity (Wildman–Crippen MR) is 103 cm³/mol. The average molecular weight is 392 g/mol. The van der Waals surface area contributed by atoms with Crippen molar-refractivity contribution < 1.29 is 9.18 Å². The topological polar surface area (TPSA) is 26.8 Å². The van der Waals surface area contributed by atoms with Crippen molar-refractivity contribution in [1.82, 2.24) is 14.7 Å². The van der Waals surface area contributed by atoms with Gasteiger partial charge < -0.3 is 9.80 Å². The number of likely N-dealkylation sites (tertiary alicyclic amines) is 2. The highest BCUT2D eigenvalue weighted by molar-refractivity contribution is 6.31. The highest BCUT2D eigenvalue weighted by Crippen LogP contribution is 2.57. The van der Waals surface area contributed by atoms with E-state index < -0.39 is 0 Å². The molecule has 1 aromatic rings. The Bertz CT molecular complexity index is 766. The number of benzene rings is 1. The van der Waals surface area contributed by atoms with Crippen LogP contribution in [0.4, 0.5) is 4.39 Å². The lowest BCUT2D eigenvalue weighted by atomic mass is 9.85. The van der Waals surface area contributed by atoms with Crippen LogP contribution in [0, 0.1) is 11.7 Å². The van der Waals surface area contributed by atoms with Gasteiger partial charge in [0.05, 0.1) is 0 Å². The van der Waals surface area contributed by atoms with Gasteiger partial charge in [0.25, 0.3) is 0 Å². The molecule has 0 aromatic heterocycles. The molecule has 3 atom stereocenters. The molecule has 0 radical (unpaired) electrons. The van der Waals surface area contributed by atoms with Crippen LogP contribution < -0.4 is 0 Å². The number of piperidine rings is 1. The highest BCUT2D eigenvalue weighted by Gasteiger charge is 2.65. The Balaban J connectivity index is 1.43. The molecule has 0 aliphatic carbocycles. The van der Waals surface area contributed by atoms with Gasteiger partial charge in [0.2, 0.25) is 5.91 Å². The molecule has 1 aromatic carbocycles. The van der Waals surface area contributed by atoms with Crippen molar-refractivity contribution >= 4 is 17.5 Å². The molecule has 146 valence electrons. The van der Waals surface area contributed by atoms with Crippen molar-refractivity contribution in [2.24, 2.45) is 5.92 Å². The summed E-state index contributed by atoms with van der Waals surface area (Å²) < 4.78 is 13.5. The summed E-state index contributed by atoms with van der Waals surface area (Å²) in [5.74, 6) is 0.404. The van der Waals surface area contributed by atoms with Gasteiger partial charge in [-0.2, -0.15) is 0 Å². The van der Waals surface area contributed by atoms with E-state index in [9.17, 15) is 9.18 Å². The Morgan fingerprint density at radius 2 is 2.00 bits per heavy atom. The van der Waals surface area contributed by atoms with Crippen molar-refractivity contribution in [3.63, 3.8) is 0 Å². The lowest BCUT2D eigenvalue weighted by molar-refractivity contribution is -0.139. The molecular formula is C21H27ClFN3O. The van der Waals surface area contributed by atoms with E-state index in [0.717, 1.165) is 63.8 Å². The van der Waals surface area contributed by atoms with Crippen LogP contribution in [0.2, 0.25) is 5.02 Å². The number of hydrogen-bond acceptors (Lipinski definition) is 3. The van der Waals surface area contributed by atoms with E-state index in [4.69, 9.17) is 11.6 Å². The third-order valence-electron chi connectivity index (χ3n) is 7.53. The maximum absolute atomic E-state index is 13.7. The van der Waals surface area contributed by atoms with Crippen molar-refractivity contribution in [1.29, 1.82) is 0 Å². The monoisotopic (exact) mass is 391 g/mol. The third-order valence-corrected chi connectivity index (χ3v) is 7.85. The average Bonchev–Trinajstić information content (AvgIpc) is 3.27. The van der Waals surface area contributed by atoms with Crippen LogP contribution in [0.25, 0.3) is 0 Å². The van der Waals surface area contributed by atoms with Crippen LogP contribution in [-0.4, -0.2) is 65.4 Å². The minimum atomic E-state index is -0.342. The fourth-order valence-electron chi connectivity index (χ4n) is 6.21. The van der Waals surface area contributed by atoms with Gasteiger partial charge in [-0.25, -0.2) is 4.39 Å². The lowest BCUT2D eigenvalue weighted by Gasteiger charge is -2.38. The lowest BCUT2D eigenvalue weighted by Crippen LogP contribution is -2.52. The second kappa shape index (κ2) is 6.43. The molecule has 0 bridgehead atoms. The third kappa shape index (κ3) is 2.58. The van der Waals surface area contributed by atoms with Gasteiger partial charge in [0, 0.05) is 29.6 Å². The van der Waals surface area contributed by atoms with E-state index in [1.165, 1.54) is 12.1 Å². The quantitative estimate of drug-likeness (QED) is 0.773. The number of hydrogen-bond donors (Lipinski definition) is 0. The molecule has 4 aliphatic heterocycles. The van der Waals surface area contributed by atoms with E-state index in [1.54, 1.807) is 0 Å². The SMILES string of the molecule is CN1CCC(N2C[C@@H]3C[C@@H](c4ccc(F)cc4Cl)N4CCC[C@@]34C2=O)CC1. The molecule has 4 heterocycles. The first-order valence-electron chi connectivity index (χ1n) is 10.2. The van der Waals surface area contributed by atoms with Gasteiger partial charge in [-0.3, -0.25) is 9.69 Å². The van der Waals surface area contributed by atoms with Crippen LogP contribution in [0.5, 0.6) is 0 Å². The molecule has 1 amide bonds. The Hall–Kier alpha value is -1.17. The first kappa shape index (κ1) is 17.9. The Morgan fingerprint density at radius 1 is 1.22 bits per heavy atom. The van der Waals surface area contributed by atoms with E-state index in [1.807, 2.05) is 6.07 Å². The van der Waals surface area contributed by atoms with E-state index in [0.29, 0.717) is 22.9 Å². The summed E-state index contributed by atoms with van der Waals surface area (Å²) in [4.78, 5) is 20.6. The minimum Gasteiger partial charge on any atom is -0.338 e. The molecule has 0 saturated carbocycles. The minimum absolute atomic E-state index is 0.134. The highest BCUT2D eigenvalue weighted by atomic mass is 35.5. The van der Waals surface area contributed by atoms with Gasteiger partial charge in [-0.1, -0.05) is 17.7 Å². The molecule has 5 rings (SSSR count). The fourth-order valence-corrected chi connectivity index (χ4v) is 6.51. The zero-order valence-corrected chi connectivity index (χ0v) is 16.6. The van der Waals surface area contributed by atoms with E-state index >= 15 is 0 Å². The fraction of sp³-hybridized carbons (Fsp3) is 0.667. The molecule has 1 spiro atoms. The first-order chi connectivity index (χ1) is 13.0. The number of carbonyl (C=O) groups is 1. The Kier molecular flexibility index (Phi) is 4.26. The maximum atomic E-state index is 13.7. The van der Waals surface area contributed by atoms with Crippen LogP contribution in [0.15, 0.2) is 18.2 Å². The Labute approximate surface area is 165 Å². The van der Waals surface area contributed by atoms with Crippen molar-refractivity contribution in [3.8, 4) is 0 Å². The molecular weight excluding hydrogens is 365 g/mol. The summed E-state index contributed by atoms with van der Waals surface area (Å²) in [7, 11) is 2.16. The summed E-state index contributed by atoms with van der Waals surface area (Å²) in [6.07, 6.45) is 5.12. The van der Waals surface area contributed by atoms with Gasteiger partial charge >= 0.3 is 0 Å². The summed E-state index contributed by atoms with van der Waals surface area (Å²) in [5, 5.41) is 0.488. The molecule has 4 nitrogen and oxygen atoms in total. The molecule has 6 heteroatoms. The molecule has 0 unspecified atom stereocenters. The predicted octanol–water partition coefficient (Wildman–Crippen LogP) is 3.31. The van der Waals surface area contributed by atoms with E-state index in [2.05, 4.69) is 21.7 Å². The van der Waals surface area contributed by atoms with Gasteiger partial charge in [-0.05, 0) is 76.5 Å². The van der Waals surface area contributed by atoms with Gasteiger partial charge in [0.15, 0.2) is 0 Å². The zero-order valence-electron chi connectivity index (χ0n) is 15.8. The van der Waals surface area contributed by atoms with Crippen LogP contribution in [0.3, 0.4) is 0 Å². The molecule has 4 aliphatic rings. The van der Waals surface area contributed by atoms with Crippen molar-refractivity contribution in [3.05, 3.63) is 34.6 Å². The van der Waals surface area contributed by atoms with Gasteiger partial charge in [-0.15, -0.1) is 0 Å². The largest absolute Gasteiger partial charge is 0.338 e. The van der Waals surface area contributed by atoms with Crippen LogP contribution in [-0.2, 0) is 4.79 Å². The summed E-state index contributed by atoms with van der Waals surface area (Å²) in [6, 6.07) is 5.23. The number of nitrogens with zero attached hydrogens (tertiary/aromatic N) is 3. The van der Waals surface area contributed by atoms with Crippen LogP contribution in [0.1, 0.15) is 43.7 Å². The Morgan fingerprint density at radius 3 is 2.74 bits per heavy atom. The van der Waals surface area contributed by atoms with Crippen molar-refractivity contribution in [2.45, 2.75) is 49.7 Å². The number of halogens is 2. The van der Waals surface area contributed by atoms with Crippen LogP contribution >= 0.6 is 11.6 Å².